The van der Waals surface area contributed by atoms with Crippen molar-refractivity contribution in [3.63, 3.8) is 0 Å². The van der Waals surface area contributed by atoms with Gasteiger partial charge in [-0.25, -0.2) is 5.43 Å². The van der Waals surface area contributed by atoms with Gasteiger partial charge in [0.15, 0.2) is 0 Å². The highest BCUT2D eigenvalue weighted by atomic mass is 35.5. The van der Waals surface area contributed by atoms with Crippen molar-refractivity contribution in [1.82, 2.24) is 5.43 Å². The number of carbonyl (C=O) groups is 1. The third-order valence-electron chi connectivity index (χ3n) is 2.21. The summed E-state index contributed by atoms with van der Waals surface area (Å²) in [4.78, 5) is 11.7. The highest BCUT2D eigenvalue weighted by Gasteiger charge is 2.03. The van der Waals surface area contributed by atoms with E-state index in [1.807, 2.05) is 13.0 Å². The predicted molar refractivity (Wildman–Crippen MR) is 70.0 cm³/mol. The summed E-state index contributed by atoms with van der Waals surface area (Å²) in [5.41, 5.74) is 2.85. The van der Waals surface area contributed by atoms with E-state index in [1.54, 1.807) is 30.3 Å². The highest BCUT2D eigenvalue weighted by molar-refractivity contribution is 6.30. The molecular weight excluding hydrogens is 252 g/mol. The van der Waals surface area contributed by atoms with Crippen molar-refractivity contribution in [2.45, 2.75) is 6.92 Å². The molecule has 0 saturated heterocycles. The van der Waals surface area contributed by atoms with Crippen LogP contribution in [0, 0.1) is 6.92 Å². The molecule has 0 aliphatic heterocycles. The molecule has 0 bridgehead atoms. The molecule has 1 aromatic carbocycles. The van der Waals surface area contributed by atoms with Crippen LogP contribution in [-0.2, 0) is 0 Å². The van der Waals surface area contributed by atoms with E-state index >= 15 is 0 Å². The minimum Gasteiger partial charge on any atom is -0.460 e. The van der Waals surface area contributed by atoms with Crippen molar-refractivity contribution >= 4 is 23.7 Å². The van der Waals surface area contributed by atoms with Gasteiger partial charge in [0.25, 0.3) is 5.91 Å². The highest BCUT2D eigenvalue weighted by Crippen LogP contribution is 2.10. The summed E-state index contributed by atoms with van der Waals surface area (Å²) in [6.07, 6.45) is 1.44. The van der Waals surface area contributed by atoms with Gasteiger partial charge in [-0.2, -0.15) is 5.10 Å². The molecule has 0 aliphatic carbocycles. The Hall–Kier alpha value is -2.07. The first-order valence-electron chi connectivity index (χ1n) is 5.30. The lowest BCUT2D eigenvalue weighted by atomic mass is 10.2. The topological polar surface area (TPSA) is 54.6 Å². The number of nitrogens with one attached hydrogen (secondary N) is 1. The predicted octanol–water partition coefficient (Wildman–Crippen LogP) is 3.01. The van der Waals surface area contributed by atoms with E-state index in [0.717, 1.165) is 5.76 Å². The van der Waals surface area contributed by atoms with Crippen LogP contribution in [-0.4, -0.2) is 12.1 Å². The number of carbonyl (C=O) groups excluding carboxylic acids is 1. The summed E-state index contributed by atoms with van der Waals surface area (Å²) >= 11 is 5.79. The maximum Gasteiger partial charge on any atom is 0.271 e. The Morgan fingerprint density at radius 1 is 1.39 bits per heavy atom. The summed E-state index contributed by atoms with van der Waals surface area (Å²) in [5.74, 6) is 1.05. The monoisotopic (exact) mass is 262 g/mol. The number of furan rings is 1. The van der Waals surface area contributed by atoms with Crippen LogP contribution in [0.25, 0.3) is 0 Å². The zero-order valence-electron chi connectivity index (χ0n) is 9.68. The van der Waals surface area contributed by atoms with E-state index in [2.05, 4.69) is 10.5 Å². The molecule has 0 radical (unpaired) electrons. The molecule has 0 fully saturated rings. The van der Waals surface area contributed by atoms with Gasteiger partial charge in [-0.05, 0) is 37.3 Å². The summed E-state index contributed by atoms with van der Waals surface area (Å²) in [6.45, 7) is 1.84. The number of halogens is 1. The Labute approximate surface area is 109 Å². The largest absolute Gasteiger partial charge is 0.460 e. The van der Waals surface area contributed by atoms with Gasteiger partial charge in [-0.15, -0.1) is 0 Å². The number of hydrogen-bond acceptors (Lipinski definition) is 3. The molecule has 2 rings (SSSR count). The number of rotatable bonds is 3. The molecule has 0 unspecified atom stereocenters. The van der Waals surface area contributed by atoms with E-state index in [4.69, 9.17) is 16.0 Å². The van der Waals surface area contributed by atoms with Crippen molar-refractivity contribution in [2.24, 2.45) is 5.10 Å². The molecule has 1 heterocycles. The van der Waals surface area contributed by atoms with Gasteiger partial charge in [0.05, 0.1) is 6.21 Å². The third-order valence-corrected chi connectivity index (χ3v) is 2.44. The molecule has 0 atom stereocenters. The van der Waals surface area contributed by atoms with E-state index < -0.39 is 0 Å². The van der Waals surface area contributed by atoms with E-state index in [9.17, 15) is 4.79 Å². The molecular formula is C13H11ClN2O2. The van der Waals surface area contributed by atoms with Gasteiger partial charge >= 0.3 is 0 Å². The number of nitrogens with zero attached hydrogens (tertiary/aromatic N) is 1. The van der Waals surface area contributed by atoms with Crippen LogP contribution in [0.2, 0.25) is 5.02 Å². The Morgan fingerprint density at radius 2 is 2.22 bits per heavy atom. The average Bonchev–Trinajstić information content (AvgIpc) is 2.75. The van der Waals surface area contributed by atoms with Gasteiger partial charge < -0.3 is 4.42 Å². The van der Waals surface area contributed by atoms with Crippen molar-refractivity contribution in [3.05, 3.63) is 58.5 Å². The second-order valence-corrected chi connectivity index (χ2v) is 4.09. The maximum atomic E-state index is 11.7. The van der Waals surface area contributed by atoms with Gasteiger partial charge in [0.2, 0.25) is 0 Å². The summed E-state index contributed by atoms with van der Waals surface area (Å²) in [5, 5.41) is 4.31. The third kappa shape index (κ3) is 3.21. The number of amides is 1. The zero-order valence-corrected chi connectivity index (χ0v) is 10.4. The van der Waals surface area contributed by atoms with Crippen molar-refractivity contribution < 1.29 is 9.21 Å². The fourth-order valence-electron chi connectivity index (χ4n) is 1.37. The van der Waals surface area contributed by atoms with Gasteiger partial charge in [0.1, 0.15) is 11.5 Å². The average molecular weight is 263 g/mol. The first-order valence-corrected chi connectivity index (χ1v) is 5.68. The maximum absolute atomic E-state index is 11.7. The fraction of sp³-hybridized carbons (Fsp3) is 0.0769. The Morgan fingerprint density at radius 3 is 2.89 bits per heavy atom. The van der Waals surface area contributed by atoms with E-state index in [1.165, 1.54) is 6.21 Å². The van der Waals surface area contributed by atoms with Crippen LogP contribution in [0.1, 0.15) is 21.9 Å². The second-order valence-electron chi connectivity index (χ2n) is 3.66. The number of aryl methyl sites for hydroxylation is 1. The minimum absolute atomic E-state index is 0.322. The normalized spacial score (nSPS) is 10.8. The van der Waals surface area contributed by atoms with Crippen molar-refractivity contribution in [2.75, 3.05) is 0 Å². The second kappa shape index (κ2) is 5.51. The SMILES string of the molecule is Cc1ccc(C=NNC(=O)c2cccc(Cl)c2)o1. The molecule has 0 saturated carbocycles. The lowest BCUT2D eigenvalue weighted by Gasteiger charge is -1.99. The van der Waals surface area contributed by atoms with Crippen LogP contribution in [0.5, 0.6) is 0 Å². The molecule has 1 amide bonds. The fourth-order valence-corrected chi connectivity index (χ4v) is 1.56. The first-order chi connectivity index (χ1) is 8.65. The molecule has 5 heteroatoms. The Balaban J connectivity index is 1.98. The van der Waals surface area contributed by atoms with Crippen LogP contribution in [0.3, 0.4) is 0 Å². The van der Waals surface area contributed by atoms with Crippen LogP contribution < -0.4 is 5.43 Å². The van der Waals surface area contributed by atoms with Gasteiger partial charge in [0, 0.05) is 10.6 Å². The molecule has 2 aromatic rings. The molecule has 1 N–H and O–H groups in total. The zero-order chi connectivity index (χ0) is 13.0. The summed E-state index contributed by atoms with van der Waals surface area (Å²) < 4.78 is 5.27. The lowest BCUT2D eigenvalue weighted by molar-refractivity contribution is 0.0955. The minimum atomic E-state index is -0.322. The molecule has 0 aliphatic rings. The summed E-state index contributed by atoms with van der Waals surface area (Å²) in [6, 6.07) is 10.2. The molecule has 0 spiro atoms. The van der Waals surface area contributed by atoms with Gasteiger partial charge in [-0.3, -0.25) is 4.79 Å². The van der Waals surface area contributed by atoms with Crippen LogP contribution in [0.15, 0.2) is 45.9 Å². The lowest BCUT2D eigenvalue weighted by Crippen LogP contribution is -2.17. The molecule has 92 valence electrons. The Bertz CT molecular complexity index is 590. The van der Waals surface area contributed by atoms with Crippen LogP contribution in [0.4, 0.5) is 0 Å². The quantitative estimate of drug-likeness (QED) is 0.683. The number of hydrogen-bond donors (Lipinski definition) is 1. The molecule has 18 heavy (non-hydrogen) atoms. The number of hydrazone groups is 1. The molecule has 1 aromatic heterocycles. The van der Waals surface area contributed by atoms with Crippen LogP contribution >= 0.6 is 11.6 Å². The van der Waals surface area contributed by atoms with Gasteiger partial charge in [-0.1, -0.05) is 17.7 Å². The molecule has 4 nitrogen and oxygen atoms in total. The first kappa shape index (κ1) is 12.4. The standard InChI is InChI=1S/C13H11ClN2O2/c1-9-5-6-12(18-9)8-15-16-13(17)10-3-2-4-11(14)7-10/h2-8H,1H3,(H,16,17). The van der Waals surface area contributed by atoms with Crippen molar-refractivity contribution in [1.29, 1.82) is 0 Å². The van der Waals surface area contributed by atoms with E-state index in [0.29, 0.717) is 16.3 Å². The van der Waals surface area contributed by atoms with Crippen molar-refractivity contribution in [3.8, 4) is 0 Å². The smallest absolute Gasteiger partial charge is 0.271 e. The number of benzene rings is 1. The van der Waals surface area contributed by atoms with E-state index in [-0.39, 0.29) is 5.91 Å². The Kier molecular flexibility index (Phi) is 3.79. The summed E-state index contributed by atoms with van der Waals surface area (Å²) in [7, 11) is 0.